The topological polar surface area (TPSA) is 90.7 Å². The first-order valence-electron chi connectivity index (χ1n) is 9.43. The largest absolute Gasteiger partial charge is 0.493 e. The van der Waals surface area contributed by atoms with E-state index >= 15 is 0 Å². The Labute approximate surface area is 178 Å². The van der Waals surface area contributed by atoms with E-state index in [4.69, 9.17) is 9.47 Å². The highest BCUT2D eigenvalue weighted by atomic mass is 19.1. The third kappa shape index (κ3) is 5.36. The highest BCUT2D eigenvalue weighted by Crippen LogP contribution is 2.30. The fourth-order valence-corrected chi connectivity index (χ4v) is 3.14. The minimum absolute atomic E-state index is 0.0458. The number of rotatable bonds is 9. The summed E-state index contributed by atoms with van der Waals surface area (Å²) < 4.78 is 23.7. The van der Waals surface area contributed by atoms with Crippen LogP contribution in [0, 0.1) is 15.9 Å². The highest BCUT2D eigenvalue weighted by molar-refractivity contribution is 5.97. The summed E-state index contributed by atoms with van der Waals surface area (Å²) in [6.45, 7) is 0. The van der Waals surface area contributed by atoms with E-state index in [2.05, 4.69) is 5.32 Å². The van der Waals surface area contributed by atoms with E-state index in [0.29, 0.717) is 28.3 Å². The second kappa shape index (κ2) is 9.71. The molecule has 0 aliphatic carbocycles. The van der Waals surface area contributed by atoms with Crippen molar-refractivity contribution in [1.29, 1.82) is 0 Å². The van der Waals surface area contributed by atoms with Gasteiger partial charge < -0.3 is 14.8 Å². The molecular formula is C23H21FN2O5. The van der Waals surface area contributed by atoms with Crippen LogP contribution >= 0.6 is 0 Å². The van der Waals surface area contributed by atoms with E-state index in [1.165, 1.54) is 38.5 Å². The van der Waals surface area contributed by atoms with Gasteiger partial charge in [-0.15, -0.1) is 0 Å². The van der Waals surface area contributed by atoms with Crippen LogP contribution in [0.5, 0.6) is 11.5 Å². The summed E-state index contributed by atoms with van der Waals surface area (Å²) in [6.07, 6.45) is 0.0602. The van der Waals surface area contributed by atoms with Crippen LogP contribution in [0.25, 0.3) is 0 Å². The molecule has 0 heterocycles. The van der Waals surface area contributed by atoms with Gasteiger partial charge in [-0.05, 0) is 48.0 Å². The van der Waals surface area contributed by atoms with Gasteiger partial charge in [0.1, 0.15) is 5.82 Å². The van der Waals surface area contributed by atoms with Gasteiger partial charge in [-0.2, -0.15) is 0 Å². The number of ether oxygens (including phenoxy) is 2. The zero-order chi connectivity index (χ0) is 22.4. The van der Waals surface area contributed by atoms with E-state index in [1.807, 2.05) is 0 Å². The third-order valence-electron chi connectivity index (χ3n) is 4.79. The second-order valence-electron chi connectivity index (χ2n) is 6.75. The number of benzene rings is 3. The average Bonchev–Trinajstić information content (AvgIpc) is 2.79. The molecule has 160 valence electrons. The first kappa shape index (κ1) is 21.8. The van der Waals surface area contributed by atoms with Crippen LogP contribution in [-0.2, 0) is 0 Å². The number of non-ortho nitro benzene ring substituents is 1. The molecule has 1 unspecified atom stereocenters. The summed E-state index contributed by atoms with van der Waals surface area (Å²) in [5.74, 6) is 0.403. The van der Waals surface area contributed by atoms with E-state index in [1.54, 1.807) is 42.5 Å². The van der Waals surface area contributed by atoms with Crippen LogP contribution in [0.1, 0.15) is 28.4 Å². The van der Waals surface area contributed by atoms with Crippen LogP contribution in [-0.4, -0.2) is 24.9 Å². The maximum atomic E-state index is 13.3. The Bertz CT molecular complexity index is 1070. The normalized spacial score (nSPS) is 11.5. The Balaban J connectivity index is 1.89. The third-order valence-corrected chi connectivity index (χ3v) is 4.79. The molecule has 1 atom stereocenters. The molecule has 0 amide bonds. The lowest BCUT2D eigenvalue weighted by atomic mass is 9.97. The van der Waals surface area contributed by atoms with Gasteiger partial charge in [0.15, 0.2) is 17.3 Å². The lowest BCUT2D eigenvalue weighted by molar-refractivity contribution is -0.384. The van der Waals surface area contributed by atoms with Gasteiger partial charge in [-0.3, -0.25) is 14.9 Å². The summed E-state index contributed by atoms with van der Waals surface area (Å²) in [7, 11) is 3.00. The van der Waals surface area contributed by atoms with Crippen molar-refractivity contribution in [3.05, 3.63) is 93.8 Å². The summed E-state index contributed by atoms with van der Waals surface area (Å²) in [4.78, 5) is 23.5. The van der Waals surface area contributed by atoms with Crippen molar-refractivity contribution in [2.24, 2.45) is 0 Å². The quantitative estimate of drug-likeness (QED) is 0.289. The summed E-state index contributed by atoms with van der Waals surface area (Å²) in [6, 6.07) is 16.1. The zero-order valence-corrected chi connectivity index (χ0v) is 17.0. The van der Waals surface area contributed by atoms with Gasteiger partial charge >= 0.3 is 0 Å². The van der Waals surface area contributed by atoms with E-state index < -0.39 is 11.0 Å². The molecule has 0 aromatic heterocycles. The van der Waals surface area contributed by atoms with E-state index in [-0.39, 0.29) is 23.7 Å². The monoisotopic (exact) mass is 424 g/mol. The first-order valence-corrected chi connectivity index (χ1v) is 9.43. The molecule has 0 radical (unpaired) electrons. The van der Waals surface area contributed by atoms with E-state index in [9.17, 15) is 19.3 Å². The van der Waals surface area contributed by atoms with Crippen LogP contribution in [0.2, 0.25) is 0 Å². The fourth-order valence-electron chi connectivity index (χ4n) is 3.14. The molecule has 1 N–H and O–H groups in total. The fraction of sp³-hybridized carbons (Fsp3) is 0.174. The number of nitrogens with one attached hydrogen (secondary N) is 1. The number of carbonyl (C=O) groups is 1. The molecule has 0 aliphatic rings. The summed E-state index contributed by atoms with van der Waals surface area (Å²) in [5.41, 5.74) is 1.69. The number of methoxy groups -OCH3 is 2. The molecule has 0 fully saturated rings. The number of carbonyl (C=O) groups excluding carboxylic acids is 1. The minimum Gasteiger partial charge on any atom is -0.493 e. The van der Waals surface area contributed by atoms with Crippen LogP contribution in [0.3, 0.4) is 0 Å². The molecule has 31 heavy (non-hydrogen) atoms. The van der Waals surface area contributed by atoms with Crippen LogP contribution in [0.4, 0.5) is 15.8 Å². The van der Waals surface area contributed by atoms with Crippen LogP contribution < -0.4 is 14.8 Å². The molecule has 0 bridgehead atoms. The Morgan fingerprint density at radius 1 is 1.00 bits per heavy atom. The Morgan fingerprint density at radius 2 is 1.65 bits per heavy atom. The predicted octanol–water partition coefficient (Wildman–Crippen LogP) is 5.18. The van der Waals surface area contributed by atoms with Crippen molar-refractivity contribution in [1.82, 2.24) is 0 Å². The number of halogens is 1. The smallest absolute Gasteiger partial charge is 0.269 e. The van der Waals surface area contributed by atoms with Gasteiger partial charge in [0, 0.05) is 29.8 Å². The number of hydrogen-bond acceptors (Lipinski definition) is 6. The number of anilines is 1. The predicted molar refractivity (Wildman–Crippen MR) is 114 cm³/mol. The summed E-state index contributed by atoms with van der Waals surface area (Å²) >= 11 is 0. The number of nitro groups is 1. The van der Waals surface area contributed by atoms with Gasteiger partial charge in [0.2, 0.25) is 0 Å². The Morgan fingerprint density at radius 3 is 2.23 bits per heavy atom. The Kier molecular flexibility index (Phi) is 6.81. The zero-order valence-electron chi connectivity index (χ0n) is 17.0. The average molecular weight is 424 g/mol. The maximum Gasteiger partial charge on any atom is 0.269 e. The number of ketones is 1. The molecule has 3 rings (SSSR count). The lowest BCUT2D eigenvalue weighted by Gasteiger charge is -2.20. The molecule has 0 spiro atoms. The molecule has 0 aliphatic heterocycles. The van der Waals surface area contributed by atoms with Crippen molar-refractivity contribution >= 4 is 17.2 Å². The highest BCUT2D eigenvalue weighted by Gasteiger charge is 2.20. The molecule has 0 saturated heterocycles. The van der Waals surface area contributed by atoms with Crippen molar-refractivity contribution in [3.8, 4) is 11.5 Å². The number of Topliss-reactive ketones (excluding diaryl/α,β-unsaturated/α-hetero) is 1. The standard InChI is InChI=1S/C23H21FN2O5/c1-30-22-12-5-16(13-23(22)31-2)21(27)14-20(25-18-8-6-17(24)7-9-18)15-3-10-19(11-4-15)26(28)29/h3-13,20,25H,14H2,1-2H3. The number of nitro benzene ring substituents is 1. The molecule has 7 nitrogen and oxygen atoms in total. The van der Waals surface area contributed by atoms with Crippen molar-refractivity contribution in [2.45, 2.75) is 12.5 Å². The number of nitrogens with zero attached hydrogens (tertiary/aromatic N) is 1. The second-order valence-corrected chi connectivity index (χ2v) is 6.75. The molecule has 3 aromatic rings. The molecule has 8 heteroatoms. The van der Waals surface area contributed by atoms with Crippen LogP contribution in [0.15, 0.2) is 66.7 Å². The SMILES string of the molecule is COc1ccc(C(=O)CC(Nc2ccc(F)cc2)c2ccc([N+](=O)[O-])cc2)cc1OC. The molecule has 0 saturated carbocycles. The van der Waals surface area contributed by atoms with Crippen molar-refractivity contribution in [2.75, 3.05) is 19.5 Å². The summed E-state index contributed by atoms with van der Waals surface area (Å²) in [5, 5.41) is 14.2. The Hall–Kier alpha value is -3.94. The van der Waals surface area contributed by atoms with Gasteiger partial charge in [-0.25, -0.2) is 4.39 Å². The maximum absolute atomic E-state index is 13.3. The van der Waals surface area contributed by atoms with Gasteiger partial charge in [0.05, 0.1) is 25.2 Å². The van der Waals surface area contributed by atoms with Crippen molar-refractivity contribution in [3.63, 3.8) is 0 Å². The molecule has 3 aromatic carbocycles. The number of hydrogen-bond donors (Lipinski definition) is 1. The minimum atomic E-state index is -0.494. The first-order chi connectivity index (χ1) is 14.9. The van der Waals surface area contributed by atoms with Crippen molar-refractivity contribution < 1.29 is 23.6 Å². The van der Waals surface area contributed by atoms with Gasteiger partial charge in [-0.1, -0.05) is 12.1 Å². The molecular weight excluding hydrogens is 403 g/mol. The van der Waals surface area contributed by atoms with Gasteiger partial charge in [0.25, 0.3) is 5.69 Å². The van der Waals surface area contributed by atoms with E-state index in [0.717, 1.165) is 0 Å². The lowest BCUT2D eigenvalue weighted by Crippen LogP contribution is -2.16.